The van der Waals surface area contributed by atoms with Crippen molar-refractivity contribution in [3.8, 4) is 11.5 Å². The number of benzene rings is 1. The smallest absolute Gasteiger partial charge is 0.161 e. The summed E-state index contributed by atoms with van der Waals surface area (Å²) >= 11 is 3.49. The van der Waals surface area contributed by atoms with Crippen LogP contribution in [0.2, 0.25) is 0 Å². The first-order chi connectivity index (χ1) is 9.56. The molecule has 0 aliphatic heterocycles. The summed E-state index contributed by atoms with van der Waals surface area (Å²) in [5.41, 5.74) is 2.39. The van der Waals surface area contributed by atoms with Gasteiger partial charge in [-0.2, -0.15) is 5.10 Å². The molecule has 2 rings (SSSR count). The highest BCUT2D eigenvalue weighted by atomic mass is 79.9. The molecule has 0 spiro atoms. The monoisotopic (exact) mass is 338 g/mol. The number of aryl methyl sites for hydroxylation is 2. The van der Waals surface area contributed by atoms with Gasteiger partial charge in [0.05, 0.1) is 23.0 Å². The van der Waals surface area contributed by atoms with E-state index in [-0.39, 0.29) is 0 Å². The molecule has 6 heteroatoms. The Morgan fingerprint density at radius 2 is 2.15 bits per heavy atom. The number of ether oxygens (including phenoxy) is 2. The molecule has 106 valence electrons. The summed E-state index contributed by atoms with van der Waals surface area (Å²) in [5.74, 6) is 1.12. The second-order valence-corrected chi connectivity index (χ2v) is 5.08. The maximum Gasteiger partial charge on any atom is 0.161 e. The zero-order valence-electron chi connectivity index (χ0n) is 11.5. The van der Waals surface area contributed by atoms with Crippen LogP contribution < -0.4 is 9.47 Å². The first-order valence-electron chi connectivity index (χ1n) is 6.00. The van der Waals surface area contributed by atoms with E-state index in [0.29, 0.717) is 23.7 Å². The summed E-state index contributed by atoms with van der Waals surface area (Å²) in [4.78, 5) is 10.7. The average Bonchev–Trinajstić information content (AvgIpc) is 2.70. The summed E-state index contributed by atoms with van der Waals surface area (Å²) in [6.45, 7) is 2.28. The Hall–Kier alpha value is -1.82. The van der Waals surface area contributed by atoms with E-state index >= 15 is 0 Å². The van der Waals surface area contributed by atoms with Gasteiger partial charge in [0, 0.05) is 12.6 Å². The molecule has 5 nitrogen and oxygen atoms in total. The largest absolute Gasteiger partial charge is 0.493 e. The van der Waals surface area contributed by atoms with Gasteiger partial charge in [0.25, 0.3) is 0 Å². The molecule has 20 heavy (non-hydrogen) atoms. The van der Waals surface area contributed by atoms with Gasteiger partial charge in [0.1, 0.15) is 12.9 Å². The third-order valence-electron chi connectivity index (χ3n) is 2.95. The maximum atomic E-state index is 10.7. The molecule has 2 aromatic rings. The van der Waals surface area contributed by atoms with Crippen LogP contribution in [0.4, 0.5) is 0 Å². The van der Waals surface area contributed by atoms with E-state index < -0.39 is 0 Å². The molecule has 1 aromatic heterocycles. The Morgan fingerprint density at radius 1 is 1.40 bits per heavy atom. The Morgan fingerprint density at radius 3 is 2.70 bits per heavy atom. The normalized spacial score (nSPS) is 10.4. The predicted molar refractivity (Wildman–Crippen MR) is 78.4 cm³/mol. The molecule has 0 saturated carbocycles. The molecule has 0 saturated heterocycles. The fourth-order valence-corrected chi connectivity index (χ4v) is 2.31. The van der Waals surface area contributed by atoms with E-state index in [2.05, 4.69) is 21.0 Å². The third kappa shape index (κ3) is 2.85. The van der Waals surface area contributed by atoms with Crippen LogP contribution in [0.3, 0.4) is 0 Å². The summed E-state index contributed by atoms with van der Waals surface area (Å²) in [6, 6.07) is 5.06. The second-order valence-electron chi connectivity index (χ2n) is 4.29. The quantitative estimate of drug-likeness (QED) is 0.786. The minimum atomic E-state index is 0.356. The first-order valence-corrected chi connectivity index (χ1v) is 6.80. The minimum absolute atomic E-state index is 0.356. The number of rotatable bonds is 5. The molecule has 0 atom stereocenters. The van der Waals surface area contributed by atoms with Crippen molar-refractivity contribution < 1.29 is 14.3 Å². The molecule has 0 bridgehead atoms. The van der Waals surface area contributed by atoms with Crippen LogP contribution in [0.25, 0.3) is 0 Å². The number of nitrogens with zero attached hydrogens (tertiary/aromatic N) is 2. The lowest BCUT2D eigenvalue weighted by molar-refractivity contribution is 0.112. The van der Waals surface area contributed by atoms with Gasteiger partial charge < -0.3 is 9.47 Å². The van der Waals surface area contributed by atoms with E-state index in [4.69, 9.17) is 9.47 Å². The Bertz CT molecular complexity index is 638. The molecular weight excluding hydrogens is 324 g/mol. The van der Waals surface area contributed by atoms with Crippen molar-refractivity contribution in [2.75, 3.05) is 7.11 Å². The molecule has 0 amide bonds. The molecule has 0 fully saturated rings. The van der Waals surface area contributed by atoms with Crippen LogP contribution in [0.5, 0.6) is 11.5 Å². The van der Waals surface area contributed by atoms with Crippen molar-refractivity contribution in [3.05, 3.63) is 39.6 Å². The molecule has 0 unspecified atom stereocenters. The van der Waals surface area contributed by atoms with Crippen molar-refractivity contribution in [3.63, 3.8) is 0 Å². The Labute approximate surface area is 125 Å². The third-order valence-corrected chi connectivity index (χ3v) is 3.98. The van der Waals surface area contributed by atoms with E-state index in [1.54, 1.807) is 30.0 Å². The van der Waals surface area contributed by atoms with Crippen LogP contribution in [0.15, 0.2) is 22.7 Å². The van der Waals surface area contributed by atoms with E-state index in [1.807, 2.05) is 14.0 Å². The van der Waals surface area contributed by atoms with Gasteiger partial charge in [-0.25, -0.2) is 0 Å². The van der Waals surface area contributed by atoms with Gasteiger partial charge >= 0.3 is 0 Å². The zero-order valence-corrected chi connectivity index (χ0v) is 13.1. The average molecular weight is 339 g/mol. The lowest BCUT2D eigenvalue weighted by Gasteiger charge is -2.11. The van der Waals surface area contributed by atoms with Crippen molar-refractivity contribution >= 4 is 22.2 Å². The number of aldehydes is 1. The van der Waals surface area contributed by atoms with Gasteiger partial charge in [-0.1, -0.05) is 0 Å². The van der Waals surface area contributed by atoms with Crippen LogP contribution in [-0.4, -0.2) is 23.2 Å². The van der Waals surface area contributed by atoms with Gasteiger partial charge in [0.15, 0.2) is 11.5 Å². The lowest BCUT2D eigenvalue weighted by Crippen LogP contribution is -2.04. The number of aromatic nitrogens is 2. The molecule has 0 aliphatic rings. The van der Waals surface area contributed by atoms with E-state index in [1.165, 1.54) is 0 Å². The molecule has 0 N–H and O–H groups in total. The summed E-state index contributed by atoms with van der Waals surface area (Å²) < 4.78 is 13.7. The summed E-state index contributed by atoms with van der Waals surface area (Å²) in [6.07, 6.45) is 0.771. The molecule has 0 aliphatic carbocycles. The van der Waals surface area contributed by atoms with Crippen LogP contribution in [0.1, 0.15) is 21.7 Å². The molecule has 1 heterocycles. The van der Waals surface area contributed by atoms with Gasteiger partial charge in [0.2, 0.25) is 0 Å². The maximum absolute atomic E-state index is 10.7. The van der Waals surface area contributed by atoms with Gasteiger partial charge in [-0.3, -0.25) is 9.48 Å². The Balaban J connectivity index is 2.20. The zero-order chi connectivity index (χ0) is 14.7. The molecule has 0 radical (unpaired) electrons. The number of hydrogen-bond donors (Lipinski definition) is 0. The number of methoxy groups -OCH3 is 1. The number of carbonyl (C=O) groups excluding carboxylic acids is 1. The highest BCUT2D eigenvalue weighted by Gasteiger charge is 2.12. The standard InChI is InChI=1S/C14H15BrN2O3/c1-9-14(15)11(17(2)16-9)8-20-12-5-4-10(7-18)6-13(12)19-3/h4-7H,8H2,1-3H3. The van der Waals surface area contributed by atoms with E-state index in [0.717, 1.165) is 22.1 Å². The topological polar surface area (TPSA) is 53.4 Å². The second kappa shape index (κ2) is 6.09. The summed E-state index contributed by atoms with van der Waals surface area (Å²) in [7, 11) is 3.41. The van der Waals surface area contributed by atoms with Gasteiger partial charge in [-0.15, -0.1) is 0 Å². The van der Waals surface area contributed by atoms with Crippen molar-refractivity contribution in [2.45, 2.75) is 13.5 Å². The fourth-order valence-electron chi connectivity index (χ4n) is 1.86. The first kappa shape index (κ1) is 14.6. The highest BCUT2D eigenvalue weighted by Crippen LogP contribution is 2.29. The lowest BCUT2D eigenvalue weighted by atomic mass is 10.2. The van der Waals surface area contributed by atoms with E-state index in [9.17, 15) is 4.79 Å². The van der Waals surface area contributed by atoms with Crippen LogP contribution in [0, 0.1) is 6.92 Å². The minimum Gasteiger partial charge on any atom is -0.493 e. The summed E-state index contributed by atoms with van der Waals surface area (Å²) in [5, 5.41) is 4.31. The SMILES string of the molecule is COc1cc(C=O)ccc1OCc1c(Br)c(C)nn1C. The molecular formula is C14H15BrN2O3. The highest BCUT2D eigenvalue weighted by molar-refractivity contribution is 9.10. The van der Waals surface area contributed by atoms with Crippen molar-refractivity contribution in [1.29, 1.82) is 0 Å². The molecule has 1 aromatic carbocycles. The number of halogens is 1. The van der Waals surface area contributed by atoms with Crippen molar-refractivity contribution in [2.24, 2.45) is 7.05 Å². The predicted octanol–water partition coefficient (Wildman–Crippen LogP) is 2.89. The van der Waals surface area contributed by atoms with Crippen LogP contribution >= 0.6 is 15.9 Å². The van der Waals surface area contributed by atoms with Gasteiger partial charge in [-0.05, 0) is 41.1 Å². The van der Waals surface area contributed by atoms with Crippen molar-refractivity contribution in [1.82, 2.24) is 9.78 Å². The number of hydrogen-bond acceptors (Lipinski definition) is 4. The number of carbonyl (C=O) groups is 1. The fraction of sp³-hybridized carbons (Fsp3) is 0.286. The van der Waals surface area contributed by atoms with Crippen LogP contribution in [-0.2, 0) is 13.7 Å². The Kier molecular flexibility index (Phi) is 4.44.